The third kappa shape index (κ3) is 4.05. The summed E-state index contributed by atoms with van der Waals surface area (Å²) in [6.07, 6.45) is 3.30. The second kappa shape index (κ2) is 7.76. The first-order valence-electron chi connectivity index (χ1n) is 10.3. The zero-order chi connectivity index (χ0) is 20.7. The Morgan fingerprint density at radius 2 is 2.00 bits per heavy atom. The van der Waals surface area contributed by atoms with E-state index in [1.165, 1.54) is 0 Å². The molecule has 1 aliphatic carbocycles. The van der Waals surface area contributed by atoms with Crippen LogP contribution in [-0.4, -0.2) is 40.8 Å². The summed E-state index contributed by atoms with van der Waals surface area (Å²) in [6.45, 7) is 1.26. The Labute approximate surface area is 179 Å². The predicted octanol–water partition coefficient (Wildman–Crippen LogP) is 3.81. The van der Waals surface area contributed by atoms with Crippen LogP contribution in [0.1, 0.15) is 41.1 Å². The smallest absolute Gasteiger partial charge is 0.251 e. The quantitative estimate of drug-likeness (QED) is 0.654. The first kappa shape index (κ1) is 19.1. The van der Waals surface area contributed by atoms with Crippen molar-refractivity contribution in [3.05, 3.63) is 64.5 Å². The minimum Gasteiger partial charge on any atom is -0.440 e. The van der Waals surface area contributed by atoms with E-state index in [9.17, 15) is 9.59 Å². The van der Waals surface area contributed by atoms with E-state index in [1.54, 1.807) is 18.2 Å². The molecule has 6 nitrogen and oxygen atoms in total. The van der Waals surface area contributed by atoms with Crippen molar-refractivity contribution in [2.75, 3.05) is 13.1 Å². The number of oxazole rings is 1. The van der Waals surface area contributed by atoms with Crippen molar-refractivity contribution >= 4 is 34.5 Å². The van der Waals surface area contributed by atoms with Crippen LogP contribution in [0.3, 0.4) is 0 Å². The van der Waals surface area contributed by atoms with Gasteiger partial charge in [0.05, 0.1) is 0 Å². The van der Waals surface area contributed by atoms with Crippen molar-refractivity contribution in [2.24, 2.45) is 5.92 Å². The van der Waals surface area contributed by atoms with Gasteiger partial charge >= 0.3 is 0 Å². The number of fused-ring (bicyclic) bond motifs is 1. The SMILES string of the molecule is O=C(NC[C@@H]1CC(=O)N(C2CC2)C1)c1ccc2oc(Cc3ccc(Cl)cc3)nc2c1. The molecule has 5 rings (SSSR count). The Morgan fingerprint density at radius 1 is 1.20 bits per heavy atom. The van der Waals surface area contributed by atoms with Gasteiger partial charge in [0.1, 0.15) is 5.52 Å². The monoisotopic (exact) mass is 423 g/mol. The Bertz CT molecular complexity index is 1100. The van der Waals surface area contributed by atoms with Gasteiger partial charge < -0.3 is 14.6 Å². The second-order valence-corrected chi connectivity index (χ2v) is 8.59. The molecule has 2 amide bonds. The predicted molar refractivity (Wildman–Crippen MR) is 113 cm³/mol. The molecule has 1 aliphatic heterocycles. The molecule has 0 unspecified atom stereocenters. The summed E-state index contributed by atoms with van der Waals surface area (Å²) in [5.41, 5.74) is 2.90. The van der Waals surface area contributed by atoms with Crippen LogP contribution in [0.15, 0.2) is 46.9 Å². The van der Waals surface area contributed by atoms with Crippen molar-refractivity contribution in [1.29, 1.82) is 0 Å². The number of halogens is 1. The standard InChI is InChI=1S/C23H22ClN3O3/c24-17-4-1-14(2-5-17)9-21-26-19-11-16(3-8-20(19)30-21)23(29)25-12-15-10-22(28)27(13-15)18-6-7-18/h1-5,8,11,15,18H,6-7,9-10,12-13H2,(H,25,29)/t15-/m0/s1. The van der Waals surface area contributed by atoms with E-state index in [0.29, 0.717) is 53.0 Å². The molecule has 30 heavy (non-hydrogen) atoms. The van der Waals surface area contributed by atoms with Gasteiger partial charge in [0.25, 0.3) is 5.91 Å². The Balaban J connectivity index is 1.22. The lowest BCUT2D eigenvalue weighted by molar-refractivity contribution is -0.128. The summed E-state index contributed by atoms with van der Waals surface area (Å²) in [4.78, 5) is 31.2. The average molecular weight is 424 g/mol. The third-order valence-corrected chi connectivity index (χ3v) is 5.99. The zero-order valence-electron chi connectivity index (χ0n) is 16.4. The maximum Gasteiger partial charge on any atom is 0.251 e. The number of amides is 2. The van der Waals surface area contributed by atoms with E-state index in [0.717, 1.165) is 24.9 Å². The molecule has 2 heterocycles. The Kier molecular flexibility index (Phi) is 4.95. The number of rotatable bonds is 6. The summed E-state index contributed by atoms with van der Waals surface area (Å²) in [5, 5.41) is 3.66. The maximum atomic E-state index is 12.6. The lowest BCUT2D eigenvalue weighted by Crippen LogP contribution is -2.32. The molecule has 1 atom stereocenters. The summed E-state index contributed by atoms with van der Waals surface area (Å²) < 4.78 is 5.81. The van der Waals surface area contributed by atoms with Gasteiger partial charge in [-0.2, -0.15) is 0 Å². The molecule has 0 spiro atoms. The normalized spacial score (nSPS) is 18.9. The molecule has 7 heteroatoms. The van der Waals surface area contributed by atoms with Crippen molar-refractivity contribution in [1.82, 2.24) is 15.2 Å². The first-order valence-corrected chi connectivity index (χ1v) is 10.6. The minimum atomic E-state index is -0.156. The maximum absolute atomic E-state index is 12.6. The molecule has 1 saturated heterocycles. The van der Waals surface area contributed by atoms with Crippen molar-refractivity contribution in [3.8, 4) is 0 Å². The topological polar surface area (TPSA) is 75.4 Å². The molecule has 1 N–H and O–H groups in total. The fourth-order valence-corrected chi connectivity index (χ4v) is 4.12. The number of aromatic nitrogens is 1. The summed E-state index contributed by atoms with van der Waals surface area (Å²) in [5.74, 6) is 0.837. The molecule has 2 fully saturated rings. The Hall–Kier alpha value is -2.86. The highest BCUT2D eigenvalue weighted by atomic mass is 35.5. The van der Waals surface area contributed by atoms with E-state index < -0.39 is 0 Å². The summed E-state index contributed by atoms with van der Waals surface area (Å²) in [6, 6.07) is 13.3. The molecule has 0 radical (unpaired) electrons. The number of nitrogens with zero attached hydrogens (tertiary/aromatic N) is 2. The van der Waals surface area contributed by atoms with E-state index in [1.807, 2.05) is 29.2 Å². The van der Waals surface area contributed by atoms with Crippen LogP contribution in [-0.2, 0) is 11.2 Å². The number of nitrogens with one attached hydrogen (secondary N) is 1. The molecule has 154 valence electrons. The summed E-state index contributed by atoms with van der Waals surface area (Å²) in [7, 11) is 0. The van der Waals surface area contributed by atoms with Crippen molar-refractivity contribution < 1.29 is 14.0 Å². The van der Waals surface area contributed by atoms with Gasteiger partial charge in [-0.25, -0.2) is 4.98 Å². The van der Waals surface area contributed by atoms with Crippen LogP contribution in [0.25, 0.3) is 11.1 Å². The number of carbonyl (C=O) groups excluding carboxylic acids is 2. The zero-order valence-corrected chi connectivity index (χ0v) is 17.2. The molecule has 2 aliphatic rings. The van der Waals surface area contributed by atoms with Crippen LogP contribution in [0.4, 0.5) is 0 Å². The van der Waals surface area contributed by atoms with Crippen molar-refractivity contribution in [3.63, 3.8) is 0 Å². The van der Waals surface area contributed by atoms with Gasteiger partial charge in [-0.05, 0) is 48.7 Å². The van der Waals surface area contributed by atoms with Gasteiger partial charge in [-0.15, -0.1) is 0 Å². The van der Waals surface area contributed by atoms with Gasteiger partial charge in [-0.1, -0.05) is 23.7 Å². The van der Waals surface area contributed by atoms with Gasteiger partial charge in [0.2, 0.25) is 5.91 Å². The molecule has 1 aromatic heterocycles. The number of benzene rings is 2. The van der Waals surface area contributed by atoms with E-state index in [-0.39, 0.29) is 17.7 Å². The minimum absolute atomic E-state index is 0.156. The van der Waals surface area contributed by atoms with E-state index in [2.05, 4.69) is 10.3 Å². The highest BCUT2D eigenvalue weighted by Gasteiger charge is 2.39. The van der Waals surface area contributed by atoms with E-state index >= 15 is 0 Å². The molecule has 0 bridgehead atoms. The summed E-state index contributed by atoms with van der Waals surface area (Å²) >= 11 is 5.93. The van der Waals surface area contributed by atoms with Crippen molar-refractivity contribution in [2.45, 2.75) is 31.7 Å². The first-order chi connectivity index (χ1) is 14.5. The lowest BCUT2D eigenvalue weighted by Gasteiger charge is -2.15. The van der Waals surface area contributed by atoms with Crippen LogP contribution in [0.5, 0.6) is 0 Å². The molecule has 2 aromatic carbocycles. The Morgan fingerprint density at radius 3 is 2.77 bits per heavy atom. The number of carbonyl (C=O) groups is 2. The largest absolute Gasteiger partial charge is 0.440 e. The van der Waals surface area contributed by atoms with Gasteiger partial charge in [0, 0.05) is 48.5 Å². The van der Waals surface area contributed by atoms with Crippen LogP contribution < -0.4 is 5.32 Å². The van der Waals surface area contributed by atoms with Gasteiger partial charge in [-0.3, -0.25) is 9.59 Å². The van der Waals surface area contributed by atoms with Crippen LogP contribution >= 0.6 is 11.6 Å². The van der Waals surface area contributed by atoms with Crippen LogP contribution in [0, 0.1) is 5.92 Å². The fourth-order valence-electron chi connectivity index (χ4n) is 3.99. The molecular formula is C23H22ClN3O3. The fraction of sp³-hybridized carbons (Fsp3) is 0.348. The second-order valence-electron chi connectivity index (χ2n) is 8.15. The molecular weight excluding hydrogens is 402 g/mol. The van der Waals surface area contributed by atoms with Gasteiger partial charge in [0.15, 0.2) is 11.5 Å². The van der Waals surface area contributed by atoms with Crippen LogP contribution in [0.2, 0.25) is 5.02 Å². The highest BCUT2D eigenvalue weighted by molar-refractivity contribution is 6.30. The molecule has 3 aromatic rings. The average Bonchev–Trinajstić information content (AvgIpc) is 3.39. The lowest BCUT2D eigenvalue weighted by atomic mass is 10.1. The third-order valence-electron chi connectivity index (χ3n) is 5.74. The number of hydrogen-bond donors (Lipinski definition) is 1. The highest BCUT2D eigenvalue weighted by Crippen LogP contribution is 2.32. The number of hydrogen-bond acceptors (Lipinski definition) is 4. The number of likely N-dealkylation sites (tertiary alicyclic amines) is 1. The molecule has 1 saturated carbocycles. The van der Waals surface area contributed by atoms with E-state index in [4.69, 9.17) is 16.0 Å².